The second-order valence-corrected chi connectivity index (χ2v) is 2.75. The van der Waals surface area contributed by atoms with E-state index in [4.69, 9.17) is 0 Å². The van der Waals surface area contributed by atoms with Crippen LogP contribution in [0.25, 0.3) is 0 Å². The Morgan fingerprint density at radius 2 is 1.75 bits per heavy atom. The van der Waals surface area contributed by atoms with E-state index >= 15 is 0 Å². The molecule has 0 aromatic carbocycles. The molecule has 0 fully saturated rings. The highest BCUT2D eigenvalue weighted by atomic mass is 31.2. The van der Waals surface area contributed by atoms with Crippen molar-refractivity contribution in [3.05, 3.63) is 0 Å². The molecule has 0 spiro atoms. The third kappa shape index (κ3) is 1.96. The van der Waals surface area contributed by atoms with Crippen molar-refractivity contribution in [2.24, 2.45) is 0 Å². The van der Waals surface area contributed by atoms with Gasteiger partial charge in [-0.25, -0.2) is 4.57 Å². The lowest BCUT2D eigenvalue weighted by Gasteiger charge is -2.08. The van der Waals surface area contributed by atoms with E-state index in [9.17, 15) is 4.57 Å². The summed E-state index contributed by atoms with van der Waals surface area (Å²) in [6.45, 7) is 0. The smallest absolute Gasteiger partial charge is 0.362 e. The molecule has 0 aromatic heterocycles. The van der Waals surface area contributed by atoms with E-state index in [0.29, 0.717) is 0 Å². The van der Waals surface area contributed by atoms with E-state index in [1.165, 1.54) is 14.2 Å². The fraction of sp³-hybridized carbons (Fsp3) is 1.00. The van der Waals surface area contributed by atoms with Crippen LogP contribution in [0.2, 0.25) is 0 Å². The van der Waals surface area contributed by atoms with E-state index in [0.717, 1.165) is 0 Å². The molecule has 0 aliphatic carbocycles. The molecule has 0 saturated heterocycles. The van der Waals surface area contributed by atoms with Gasteiger partial charge in [0.15, 0.2) is 0 Å². The lowest BCUT2D eigenvalue weighted by molar-refractivity contribution is 0.216. The van der Waals surface area contributed by atoms with E-state index in [2.05, 4.69) is 21.5 Å². The lowest BCUT2D eigenvalue weighted by Crippen LogP contribution is -1.89. The van der Waals surface area contributed by atoms with Crippen molar-refractivity contribution in [3.8, 4) is 0 Å². The zero-order valence-corrected chi connectivity index (χ0v) is 5.55. The molecule has 0 bridgehead atoms. The molecule has 46 valence electrons. The summed E-state index contributed by atoms with van der Waals surface area (Å²) in [6.07, 6.45) is 0. The van der Waals surface area contributed by atoms with Crippen LogP contribution in [0.15, 0.2) is 0 Å². The van der Waals surface area contributed by atoms with Crippen LogP contribution in [0.1, 0.15) is 0 Å². The van der Waals surface area contributed by atoms with E-state index in [1.807, 2.05) is 0 Å². The first-order valence-electron chi connectivity index (χ1n) is 1.78. The Hall–Kier alpha value is 0.175. The predicted molar refractivity (Wildman–Crippen MR) is 28.5 cm³/mol. The van der Waals surface area contributed by atoms with E-state index in [1.54, 1.807) is 0 Å². The highest BCUT2D eigenvalue weighted by Crippen LogP contribution is 2.45. The zero-order valence-electron chi connectivity index (χ0n) is 4.66. The summed E-state index contributed by atoms with van der Waals surface area (Å²) in [5, 5.41) is 0. The van der Waals surface area contributed by atoms with Crippen molar-refractivity contribution in [1.29, 1.82) is 0 Å². The Morgan fingerprint density at radius 3 is 1.75 bits per heavy atom. The molecule has 0 aromatic rings. The Bertz CT molecular complexity index is 85.2. The van der Waals surface area contributed by atoms with Gasteiger partial charge in [0.25, 0.3) is 8.05 Å². The maximum Gasteiger partial charge on any atom is 0.458 e. The maximum absolute atomic E-state index is 10.5. The number of phosphoric acid groups is 1. The molecule has 0 rings (SSSR count). The van der Waals surface area contributed by atoms with Gasteiger partial charge in [-0.05, 0) is 0 Å². The van der Waals surface area contributed by atoms with Gasteiger partial charge < -0.3 is 4.44 Å². The summed E-state index contributed by atoms with van der Waals surface area (Å²) in [5.41, 5.74) is 0. The summed E-state index contributed by atoms with van der Waals surface area (Å²) in [5.74, 6) is 0. The fourth-order valence-electron chi connectivity index (χ4n) is 0.161. The molecule has 6 heteroatoms. The average molecular weight is 136 g/mol. The monoisotopic (exact) mass is 136 g/mol. The first-order chi connectivity index (χ1) is 3.68. The minimum atomic E-state index is -3.38. The molecular formula is C2H6BO4P. The SMILES string of the molecule is [B]OP(=O)(OC)OC. The molecule has 0 saturated carbocycles. The molecule has 2 radical (unpaired) electrons. The molecule has 0 aliphatic rings. The topological polar surface area (TPSA) is 44.8 Å². The molecule has 0 unspecified atom stereocenters. The van der Waals surface area contributed by atoms with Crippen LogP contribution in [0.4, 0.5) is 0 Å². The fourth-order valence-corrected chi connectivity index (χ4v) is 0.482. The number of hydrogen-bond acceptors (Lipinski definition) is 4. The number of phosphoric ester groups is 1. The third-order valence-electron chi connectivity index (χ3n) is 0.576. The molecule has 8 heavy (non-hydrogen) atoms. The van der Waals surface area contributed by atoms with Crippen LogP contribution in [0.3, 0.4) is 0 Å². The van der Waals surface area contributed by atoms with Gasteiger partial charge in [0.2, 0.25) is 0 Å². The summed E-state index contributed by atoms with van der Waals surface area (Å²) >= 11 is 0. The van der Waals surface area contributed by atoms with Gasteiger partial charge in [-0.15, -0.1) is 0 Å². The van der Waals surface area contributed by atoms with Crippen molar-refractivity contribution in [3.63, 3.8) is 0 Å². The van der Waals surface area contributed by atoms with Crippen LogP contribution in [-0.2, 0) is 18.1 Å². The van der Waals surface area contributed by atoms with Crippen molar-refractivity contribution >= 4 is 15.9 Å². The Balaban J connectivity index is 3.79. The zero-order chi connectivity index (χ0) is 6.62. The first-order valence-corrected chi connectivity index (χ1v) is 3.24. The average Bonchev–Trinajstić information content (AvgIpc) is 1.87. The third-order valence-corrected chi connectivity index (χ3v) is 1.73. The van der Waals surface area contributed by atoms with Gasteiger partial charge in [-0.3, -0.25) is 9.05 Å². The van der Waals surface area contributed by atoms with Gasteiger partial charge in [0.1, 0.15) is 0 Å². The van der Waals surface area contributed by atoms with Crippen molar-refractivity contribution in [1.82, 2.24) is 0 Å². The largest absolute Gasteiger partial charge is 0.458 e. The molecule has 0 atom stereocenters. The van der Waals surface area contributed by atoms with Crippen LogP contribution in [-0.4, -0.2) is 22.3 Å². The number of rotatable bonds is 3. The highest BCUT2D eigenvalue weighted by Gasteiger charge is 2.17. The van der Waals surface area contributed by atoms with E-state index < -0.39 is 7.82 Å². The predicted octanol–water partition coefficient (Wildman–Crippen LogP) is 0.487. The molecule has 4 nitrogen and oxygen atoms in total. The second kappa shape index (κ2) is 3.25. The Labute approximate surface area is 49.2 Å². The minimum absolute atomic E-state index is 1.18. The normalized spacial score (nSPS) is 11.8. The summed E-state index contributed by atoms with van der Waals surface area (Å²) < 4.78 is 22.8. The van der Waals surface area contributed by atoms with Gasteiger partial charge in [0, 0.05) is 14.2 Å². The maximum atomic E-state index is 10.5. The lowest BCUT2D eigenvalue weighted by atomic mass is 10.6. The van der Waals surface area contributed by atoms with Crippen LogP contribution < -0.4 is 0 Å². The molecule has 0 N–H and O–H groups in total. The van der Waals surface area contributed by atoms with Crippen molar-refractivity contribution in [2.75, 3.05) is 14.2 Å². The highest BCUT2D eigenvalue weighted by molar-refractivity contribution is 7.49. The van der Waals surface area contributed by atoms with Crippen molar-refractivity contribution in [2.45, 2.75) is 0 Å². The van der Waals surface area contributed by atoms with Gasteiger partial charge in [0.05, 0.1) is 0 Å². The standard InChI is InChI=1S/C2H6BO4P/c1-5-8(4,6-2)7-3/h1-2H3. The van der Waals surface area contributed by atoms with Crippen LogP contribution >= 0.6 is 7.82 Å². The first kappa shape index (κ1) is 8.17. The van der Waals surface area contributed by atoms with Crippen LogP contribution in [0.5, 0.6) is 0 Å². The summed E-state index contributed by atoms with van der Waals surface area (Å²) in [7, 11) is 3.49. The van der Waals surface area contributed by atoms with E-state index in [-0.39, 0.29) is 0 Å². The minimum Gasteiger partial charge on any atom is -0.362 e. The van der Waals surface area contributed by atoms with Crippen molar-refractivity contribution < 1.29 is 18.1 Å². The Kier molecular flexibility index (Phi) is 3.32. The molecule has 0 amide bonds. The quantitative estimate of drug-likeness (QED) is 0.418. The number of hydrogen-bond donors (Lipinski definition) is 0. The second-order valence-electron chi connectivity index (χ2n) is 0.918. The Morgan fingerprint density at radius 1 is 1.38 bits per heavy atom. The van der Waals surface area contributed by atoms with Gasteiger partial charge >= 0.3 is 7.82 Å². The van der Waals surface area contributed by atoms with Gasteiger partial charge in [-0.2, -0.15) is 0 Å². The molecular weight excluding hydrogens is 130 g/mol. The molecule has 0 heterocycles. The summed E-state index contributed by atoms with van der Waals surface area (Å²) in [6, 6.07) is 0. The molecule has 0 aliphatic heterocycles. The van der Waals surface area contributed by atoms with Gasteiger partial charge in [-0.1, -0.05) is 0 Å². The van der Waals surface area contributed by atoms with Crippen LogP contribution in [0, 0.1) is 0 Å². The summed E-state index contributed by atoms with van der Waals surface area (Å²) in [4.78, 5) is 0.